The molecule has 0 fully saturated rings. The van der Waals surface area contributed by atoms with Crippen LogP contribution in [0.1, 0.15) is 10.4 Å². The van der Waals surface area contributed by atoms with E-state index >= 15 is 0 Å². The van der Waals surface area contributed by atoms with Crippen molar-refractivity contribution in [3.05, 3.63) is 63.7 Å². The van der Waals surface area contributed by atoms with Crippen LogP contribution >= 0.6 is 11.6 Å². The van der Waals surface area contributed by atoms with E-state index in [0.29, 0.717) is 22.0 Å². The third-order valence-corrected chi connectivity index (χ3v) is 4.41. The van der Waals surface area contributed by atoms with Crippen LogP contribution in [0.15, 0.2) is 47.5 Å². The normalized spacial score (nSPS) is 12.0. The molecule has 3 aromatic rings. The summed E-state index contributed by atoms with van der Waals surface area (Å²) in [5.41, 5.74) is 0.767. The monoisotopic (exact) mass is 417 g/mol. The first-order chi connectivity index (χ1) is 13.9. The van der Waals surface area contributed by atoms with Gasteiger partial charge >= 0.3 is 0 Å². The quantitative estimate of drug-likeness (QED) is 0.593. The second-order valence-electron chi connectivity index (χ2n) is 6.35. The molecule has 0 aliphatic heterocycles. The Balaban J connectivity index is 2.11. The number of carbonyl (C=O) groups is 1. The van der Waals surface area contributed by atoms with Crippen LogP contribution in [0, 0.1) is 0 Å². The van der Waals surface area contributed by atoms with Gasteiger partial charge in [-0.3, -0.25) is 14.3 Å². The molecular formula is C19H20ClN5O4. The topological polar surface area (TPSA) is 111 Å². The predicted octanol–water partition coefficient (Wildman–Crippen LogP) is 1.02. The number of benzene rings is 1. The number of nitrogens with zero attached hydrogens (tertiary/aromatic N) is 4. The predicted molar refractivity (Wildman–Crippen MR) is 107 cm³/mol. The van der Waals surface area contributed by atoms with Gasteiger partial charge in [0.2, 0.25) is 0 Å². The lowest BCUT2D eigenvalue weighted by atomic mass is 10.1. The molecule has 1 amide bonds. The second kappa shape index (κ2) is 8.99. The molecule has 152 valence electrons. The zero-order valence-electron chi connectivity index (χ0n) is 15.9. The summed E-state index contributed by atoms with van der Waals surface area (Å²) in [6.45, 7) is -0.223. The van der Waals surface area contributed by atoms with Gasteiger partial charge in [0.05, 0.1) is 37.3 Å². The minimum absolute atomic E-state index is 0.105. The first-order valence-corrected chi connectivity index (χ1v) is 9.10. The molecule has 0 aliphatic rings. The summed E-state index contributed by atoms with van der Waals surface area (Å²) in [7, 11) is 3.16. The van der Waals surface area contributed by atoms with Crippen LogP contribution in [0.5, 0.6) is 0 Å². The average Bonchev–Trinajstić information content (AvgIpc) is 3.14. The van der Waals surface area contributed by atoms with Gasteiger partial charge in [-0.15, -0.1) is 0 Å². The maximum atomic E-state index is 13.0. The summed E-state index contributed by atoms with van der Waals surface area (Å²) in [6.07, 6.45) is 3.09. The summed E-state index contributed by atoms with van der Waals surface area (Å²) in [5.74, 6) is -0.638. The molecule has 29 heavy (non-hydrogen) atoms. The molecule has 2 heterocycles. The number of aryl methyl sites for hydroxylation is 1. The molecule has 1 atom stereocenters. The maximum Gasteiger partial charge on any atom is 0.284 e. The Morgan fingerprint density at radius 2 is 2.07 bits per heavy atom. The minimum atomic E-state index is -0.647. The molecule has 1 aromatic carbocycles. The van der Waals surface area contributed by atoms with Crippen molar-refractivity contribution in [3.8, 4) is 16.9 Å². The number of hydrogen-bond donors (Lipinski definition) is 2. The molecule has 1 unspecified atom stereocenters. The van der Waals surface area contributed by atoms with E-state index in [1.807, 2.05) is 0 Å². The van der Waals surface area contributed by atoms with Gasteiger partial charge in [-0.2, -0.15) is 14.9 Å². The van der Waals surface area contributed by atoms with E-state index in [1.54, 1.807) is 37.5 Å². The van der Waals surface area contributed by atoms with Crippen molar-refractivity contribution in [2.45, 2.75) is 6.04 Å². The number of amides is 1. The van der Waals surface area contributed by atoms with Crippen molar-refractivity contribution in [2.24, 2.45) is 7.05 Å². The number of aliphatic hydroxyl groups excluding tert-OH is 1. The number of rotatable bonds is 7. The van der Waals surface area contributed by atoms with Crippen molar-refractivity contribution in [1.82, 2.24) is 24.9 Å². The van der Waals surface area contributed by atoms with E-state index in [0.717, 1.165) is 4.68 Å². The third-order valence-electron chi connectivity index (χ3n) is 4.16. The van der Waals surface area contributed by atoms with E-state index < -0.39 is 17.5 Å². The van der Waals surface area contributed by atoms with Crippen molar-refractivity contribution in [2.75, 3.05) is 20.3 Å². The van der Waals surface area contributed by atoms with Gasteiger partial charge in [0.1, 0.15) is 11.3 Å². The molecule has 2 aromatic heterocycles. The van der Waals surface area contributed by atoms with Crippen molar-refractivity contribution in [3.63, 3.8) is 0 Å². The van der Waals surface area contributed by atoms with Gasteiger partial charge in [-0.05, 0) is 18.2 Å². The van der Waals surface area contributed by atoms with Crippen LogP contribution < -0.4 is 10.9 Å². The van der Waals surface area contributed by atoms with Crippen LogP contribution in [0.4, 0.5) is 0 Å². The van der Waals surface area contributed by atoms with Crippen LogP contribution in [-0.2, 0) is 11.8 Å². The van der Waals surface area contributed by atoms with Gasteiger partial charge in [-0.25, -0.2) is 0 Å². The van der Waals surface area contributed by atoms with Crippen LogP contribution in [-0.4, -0.2) is 56.9 Å². The summed E-state index contributed by atoms with van der Waals surface area (Å²) in [6, 6.07) is 7.63. The lowest BCUT2D eigenvalue weighted by Gasteiger charge is -2.16. The van der Waals surface area contributed by atoms with E-state index in [2.05, 4.69) is 15.5 Å². The zero-order valence-corrected chi connectivity index (χ0v) is 16.6. The number of ether oxygens (including phenoxy) is 1. The summed E-state index contributed by atoms with van der Waals surface area (Å²) in [5, 5.41) is 21.0. The smallest absolute Gasteiger partial charge is 0.284 e. The van der Waals surface area contributed by atoms with Crippen molar-refractivity contribution < 1.29 is 14.6 Å². The number of hydrogen-bond acceptors (Lipinski definition) is 6. The zero-order chi connectivity index (χ0) is 21.0. The van der Waals surface area contributed by atoms with E-state index in [4.69, 9.17) is 16.3 Å². The van der Waals surface area contributed by atoms with E-state index in [9.17, 15) is 14.7 Å². The van der Waals surface area contributed by atoms with Gasteiger partial charge < -0.3 is 15.2 Å². The van der Waals surface area contributed by atoms with Gasteiger partial charge in [0.15, 0.2) is 0 Å². The Kier molecular flexibility index (Phi) is 6.42. The molecule has 0 radical (unpaired) electrons. The Bertz CT molecular complexity index is 1060. The fourth-order valence-electron chi connectivity index (χ4n) is 2.72. The number of methoxy groups -OCH3 is 1. The lowest BCUT2D eigenvalue weighted by molar-refractivity contribution is 0.0837. The summed E-state index contributed by atoms with van der Waals surface area (Å²) in [4.78, 5) is 25.7. The number of halogens is 1. The third kappa shape index (κ3) is 4.70. The highest BCUT2D eigenvalue weighted by atomic mass is 35.5. The Hall–Kier alpha value is -3.01. The molecule has 10 heteroatoms. The molecule has 9 nitrogen and oxygen atoms in total. The highest BCUT2D eigenvalue weighted by molar-refractivity contribution is 6.30. The highest BCUT2D eigenvalue weighted by Gasteiger charge is 2.20. The number of nitrogens with one attached hydrogen (secondary N) is 1. The van der Waals surface area contributed by atoms with Crippen molar-refractivity contribution >= 4 is 17.5 Å². The fourth-order valence-corrected chi connectivity index (χ4v) is 2.84. The number of carbonyl (C=O) groups excluding carboxylic acids is 1. The summed E-state index contributed by atoms with van der Waals surface area (Å²) >= 11 is 5.95. The van der Waals surface area contributed by atoms with Crippen LogP contribution in [0.3, 0.4) is 0 Å². The Morgan fingerprint density at radius 1 is 1.34 bits per heavy atom. The van der Waals surface area contributed by atoms with Gasteiger partial charge in [-0.1, -0.05) is 23.7 Å². The molecule has 0 aliphatic carbocycles. The number of aromatic nitrogens is 4. The standard InChI is InChI=1S/C19H20ClN5O4/c1-24-9-15(8-21-24)25-19(28)16(18(27)22-14(10-26)11-29-2)7-17(23-25)12-3-5-13(20)6-4-12/h3-9,14,26H,10-11H2,1-2H3,(H,22,27). The van der Waals surface area contributed by atoms with Crippen LogP contribution in [0.25, 0.3) is 16.9 Å². The molecule has 2 N–H and O–H groups in total. The SMILES string of the molecule is COCC(CO)NC(=O)c1cc(-c2ccc(Cl)cc2)nn(-c2cnn(C)c2)c1=O. The minimum Gasteiger partial charge on any atom is -0.394 e. The Morgan fingerprint density at radius 3 is 2.66 bits per heavy atom. The molecule has 3 rings (SSSR count). The Labute approximate surface area is 171 Å². The molecule has 0 spiro atoms. The molecule has 0 bridgehead atoms. The largest absolute Gasteiger partial charge is 0.394 e. The highest BCUT2D eigenvalue weighted by Crippen LogP contribution is 2.20. The first kappa shape index (κ1) is 20.7. The summed E-state index contributed by atoms with van der Waals surface area (Å²) < 4.78 is 7.62. The second-order valence-corrected chi connectivity index (χ2v) is 6.78. The van der Waals surface area contributed by atoms with Crippen molar-refractivity contribution in [1.29, 1.82) is 0 Å². The van der Waals surface area contributed by atoms with E-state index in [-0.39, 0.29) is 18.8 Å². The van der Waals surface area contributed by atoms with Crippen LogP contribution in [0.2, 0.25) is 5.02 Å². The number of aliphatic hydroxyl groups is 1. The maximum absolute atomic E-state index is 13.0. The molecule has 0 saturated heterocycles. The van der Waals surface area contributed by atoms with Gasteiger partial charge in [0.25, 0.3) is 11.5 Å². The molecular weight excluding hydrogens is 398 g/mol. The molecule has 0 saturated carbocycles. The van der Waals surface area contributed by atoms with Gasteiger partial charge in [0, 0.05) is 24.7 Å². The van der Waals surface area contributed by atoms with E-state index in [1.165, 1.54) is 24.1 Å². The average molecular weight is 418 g/mol. The fraction of sp³-hybridized carbons (Fsp3) is 0.263. The lowest BCUT2D eigenvalue weighted by Crippen LogP contribution is -2.43. The first-order valence-electron chi connectivity index (χ1n) is 8.73.